The Morgan fingerprint density at radius 3 is 2.58 bits per heavy atom. The average molecular weight is 286 g/mol. The molecule has 0 spiro atoms. The summed E-state index contributed by atoms with van der Waals surface area (Å²) >= 11 is 6.08. The minimum absolute atomic E-state index is 0.121. The number of hydrogen-bond acceptors (Lipinski definition) is 3. The molecule has 1 unspecified atom stereocenters. The number of aryl methyl sites for hydroxylation is 1. The Labute approximate surface area is 115 Å². The van der Waals surface area contributed by atoms with Gasteiger partial charge in [-0.25, -0.2) is 4.79 Å². The van der Waals surface area contributed by atoms with Gasteiger partial charge in [0, 0.05) is 13.6 Å². The van der Waals surface area contributed by atoms with Gasteiger partial charge in [0.2, 0.25) is 0 Å². The number of aliphatic carboxylic acids is 1. The van der Waals surface area contributed by atoms with E-state index in [1.54, 1.807) is 20.9 Å². The van der Waals surface area contributed by atoms with Crippen LogP contribution in [0.25, 0.3) is 0 Å². The van der Waals surface area contributed by atoms with E-state index in [4.69, 9.17) is 11.6 Å². The van der Waals surface area contributed by atoms with Crippen LogP contribution in [0.3, 0.4) is 0 Å². The molecule has 6 nitrogen and oxygen atoms in total. The normalized spacial score (nSPS) is 22.8. The largest absolute Gasteiger partial charge is 0.480 e. The van der Waals surface area contributed by atoms with E-state index in [0.29, 0.717) is 25.1 Å². The van der Waals surface area contributed by atoms with Crippen LogP contribution in [0.15, 0.2) is 0 Å². The van der Waals surface area contributed by atoms with Gasteiger partial charge in [0.1, 0.15) is 5.54 Å². The van der Waals surface area contributed by atoms with Gasteiger partial charge >= 0.3 is 5.97 Å². The molecule has 1 aliphatic rings. The monoisotopic (exact) mass is 285 g/mol. The van der Waals surface area contributed by atoms with Gasteiger partial charge in [-0.1, -0.05) is 11.6 Å². The van der Waals surface area contributed by atoms with Crippen molar-refractivity contribution in [2.45, 2.75) is 32.2 Å². The molecule has 0 aliphatic carbocycles. The Balaban J connectivity index is 2.39. The smallest absolute Gasteiger partial charge is 0.329 e. The predicted octanol–water partition coefficient (Wildman–Crippen LogP) is 1.46. The van der Waals surface area contributed by atoms with Crippen LogP contribution in [0.5, 0.6) is 0 Å². The summed E-state index contributed by atoms with van der Waals surface area (Å²) in [5.74, 6) is -1.42. The highest BCUT2D eigenvalue weighted by Crippen LogP contribution is 2.32. The van der Waals surface area contributed by atoms with Crippen molar-refractivity contribution in [1.82, 2.24) is 14.7 Å². The van der Waals surface area contributed by atoms with Gasteiger partial charge < -0.3 is 10.0 Å². The SMILES string of the molecule is Cc1c(Cl)c(C(=O)N2CCCC2(C)C(=O)O)nn1C. The number of likely N-dealkylation sites (tertiary alicyclic amines) is 1. The van der Waals surface area contributed by atoms with Crippen LogP contribution < -0.4 is 0 Å². The van der Waals surface area contributed by atoms with E-state index in [0.717, 1.165) is 0 Å². The van der Waals surface area contributed by atoms with Gasteiger partial charge in [0.25, 0.3) is 5.91 Å². The number of carboxylic acids is 1. The molecule has 1 aromatic rings. The molecular weight excluding hydrogens is 270 g/mol. The van der Waals surface area contributed by atoms with Gasteiger partial charge in [0.15, 0.2) is 5.69 Å². The molecule has 1 N–H and O–H groups in total. The van der Waals surface area contributed by atoms with E-state index >= 15 is 0 Å². The van der Waals surface area contributed by atoms with Crippen molar-refractivity contribution >= 4 is 23.5 Å². The fourth-order valence-corrected chi connectivity index (χ4v) is 2.60. The van der Waals surface area contributed by atoms with Crippen molar-refractivity contribution in [1.29, 1.82) is 0 Å². The molecule has 2 heterocycles. The van der Waals surface area contributed by atoms with Crippen molar-refractivity contribution < 1.29 is 14.7 Å². The lowest BCUT2D eigenvalue weighted by molar-refractivity contribution is -0.147. The summed E-state index contributed by atoms with van der Waals surface area (Å²) in [5, 5.41) is 13.7. The van der Waals surface area contributed by atoms with E-state index in [1.165, 1.54) is 9.58 Å². The lowest BCUT2D eigenvalue weighted by atomic mass is 9.99. The number of rotatable bonds is 2. The number of carbonyl (C=O) groups excluding carboxylic acids is 1. The second-order valence-corrected chi connectivity index (χ2v) is 5.39. The number of amides is 1. The summed E-state index contributed by atoms with van der Waals surface area (Å²) in [6.45, 7) is 3.73. The molecule has 19 heavy (non-hydrogen) atoms. The Hall–Kier alpha value is -1.56. The summed E-state index contributed by atoms with van der Waals surface area (Å²) in [6, 6.07) is 0. The summed E-state index contributed by atoms with van der Waals surface area (Å²) in [6.07, 6.45) is 1.11. The van der Waals surface area contributed by atoms with E-state index in [2.05, 4.69) is 5.10 Å². The first kappa shape index (κ1) is 13.9. The summed E-state index contributed by atoms with van der Waals surface area (Å²) in [4.78, 5) is 25.2. The molecule has 0 aromatic carbocycles. The molecule has 0 bridgehead atoms. The zero-order chi connectivity index (χ0) is 14.4. The number of aromatic nitrogens is 2. The van der Waals surface area contributed by atoms with Gasteiger partial charge in [-0.05, 0) is 26.7 Å². The molecular formula is C12H16ClN3O3. The number of nitrogens with zero attached hydrogens (tertiary/aromatic N) is 3. The van der Waals surface area contributed by atoms with E-state index in [-0.39, 0.29) is 10.7 Å². The quantitative estimate of drug-likeness (QED) is 0.892. The third kappa shape index (κ3) is 2.00. The molecule has 1 amide bonds. The molecule has 104 valence electrons. The van der Waals surface area contributed by atoms with Crippen LogP contribution in [-0.4, -0.2) is 43.7 Å². The lowest BCUT2D eigenvalue weighted by Gasteiger charge is -2.30. The number of carbonyl (C=O) groups is 2. The van der Waals surface area contributed by atoms with Crippen molar-refractivity contribution in [3.8, 4) is 0 Å². The summed E-state index contributed by atoms with van der Waals surface area (Å²) in [7, 11) is 1.69. The van der Waals surface area contributed by atoms with E-state index < -0.39 is 17.4 Å². The standard InChI is InChI=1S/C12H16ClN3O3/c1-7-8(13)9(14-15(7)3)10(17)16-6-4-5-12(16,2)11(18)19/h4-6H2,1-3H3,(H,18,19). The molecule has 1 aromatic heterocycles. The van der Waals surface area contributed by atoms with Crippen LogP contribution in [0.1, 0.15) is 35.9 Å². The minimum atomic E-state index is -1.17. The van der Waals surface area contributed by atoms with Gasteiger partial charge in [-0.15, -0.1) is 0 Å². The first-order valence-corrected chi connectivity index (χ1v) is 6.41. The highest BCUT2D eigenvalue weighted by molar-refractivity contribution is 6.34. The summed E-state index contributed by atoms with van der Waals surface area (Å²) < 4.78 is 1.52. The summed E-state index contributed by atoms with van der Waals surface area (Å²) in [5.41, 5.74) is -0.372. The molecule has 0 radical (unpaired) electrons. The fraction of sp³-hybridized carbons (Fsp3) is 0.583. The second-order valence-electron chi connectivity index (χ2n) is 5.01. The number of halogens is 1. The Kier molecular flexibility index (Phi) is 3.30. The third-order valence-electron chi connectivity index (χ3n) is 3.81. The maximum Gasteiger partial charge on any atom is 0.329 e. The zero-order valence-corrected chi connectivity index (χ0v) is 11.9. The second kappa shape index (κ2) is 4.52. The topological polar surface area (TPSA) is 75.4 Å². The van der Waals surface area contributed by atoms with Crippen LogP contribution in [-0.2, 0) is 11.8 Å². The van der Waals surface area contributed by atoms with Crippen molar-refractivity contribution in [2.24, 2.45) is 7.05 Å². The maximum absolute atomic E-state index is 12.5. The first-order valence-electron chi connectivity index (χ1n) is 6.03. The molecule has 2 rings (SSSR count). The van der Waals surface area contributed by atoms with Crippen LogP contribution in [0, 0.1) is 6.92 Å². The lowest BCUT2D eigenvalue weighted by Crippen LogP contribution is -2.51. The molecule has 7 heteroatoms. The maximum atomic E-state index is 12.5. The molecule has 1 fully saturated rings. The Bertz CT molecular complexity index is 555. The molecule has 1 aliphatic heterocycles. The highest BCUT2D eigenvalue weighted by Gasteiger charge is 2.47. The first-order chi connectivity index (χ1) is 8.79. The van der Waals surface area contributed by atoms with Crippen LogP contribution in [0.2, 0.25) is 5.02 Å². The fourth-order valence-electron chi connectivity index (χ4n) is 2.36. The number of hydrogen-bond donors (Lipinski definition) is 1. The number of carboxylic acid groups (broad SMARTS) is 1. The van der Waals surface area contributed by atoms with Crippen molar-refractivity contribution in [3.63, 3.8) is 0 Å². The van der Waals surface area contributed by atoms with E-state index in [9.17, 15) is 14.7 Å². The van der Waals surface area contributed by atoms with Gasteiger partial charge in [-0.2, -0.15) is 5.10 Å². The van der Waals surface area contributed by atoms with Crippen LogP contribution >= 0.6 is 11.6 Å². The zero-order valence-electron chi connectivity index (χ0n) is 11.1. The molecule has 1 atom stereocenters. The highest BCUT2D eigenvalue weighted by atomic mass is 35.5. The molecule has 1 saturated heterocycles. The third-order valence-corrected chi connectivity index (χ3v) is 4.26. The average Bonchev–Trinajstić information content (AvgIpc) is 2.86. The predicted molar refractivity (Wildman–Crippen MR) is 69.3 cm³/mol. The van der Waals surface area contributed by atoms with Crippen molar-refractivity contribution in [3.05, 3.63) is 16.4 Å². The Morgan fingerprint density at radius 2 is 2.11 bits per heavy atom. The Morgan fingerprint density at radius 1 is 1.47 bits per heavy atom. The van der Waals surface area contributed by atoms with Gasteiger partial charge in [0.05, 0.1) is 10.7 Å². The van der Waals surface area contributed by atoms with E-state index in [1.807, 2.05) is 0 Å². The van der Waals surface area contributed by atoms with Crippen LogP contribution in [0.4, 0.5) is 0 Å². The van der Waals surface area contributed by atoms with Gasteiger partial charge in [-0.3, -0.25) is 9.48 Å². The van der Waals surface area contributed by atoms with Crippen molar-refractivity contribution in [2.75, 3.05) is 6.54 Å². The molecule has 0 saturated carbocycles. The minimum Gasteiger partial charge on any atom is -0.480 e.